The van der Waals surface area contributed by atoms with E-state index < -0.39 is 0 Å². The van der Waals surface area contributed by atoms with E-state index in [2.05, 4.69) is 39.4 Å². The molecule has 1 aliphatic carbocycles. The Morgan fingerprint density at radius 1 is 1.21 bits per heavy atom. The molecule has 0 atom stereocenters. The monoisotopic (exact) mass is 331 g/mol. The molecule has 0 bridgehead atoms. The first-order valence-electron chi connectivity index (χ1n) is 8.54. The molecular weight excluding hydrogens is 306 g/mol. The van der Waals surface area contributed by atoms with Gasteiger partial charge >= 0.3 is 0 Å². The molecule has 1 aliphatic rings. The third-order valence-electron chi connectivity index (χ3n) is 4.26. The molecule has 0 aromatic carbocycles. The van der Waals surface area contributed by atoms with Gasteiger partial charge in [-0.1, -0.05) is 0 Å². The lowest BCUT2D eigenvalue weighted by Gasteiger charge is -2.26. The first-order chi connectivity index (χ1) is 11.5. The number of nitrogens with zero attached hydrogens (tertiary/aromatic N) is 3. The van der Waals surface area contributed by atoms with Crippen molar-refractivity contribution >= 4 is 22.7 Å². The van der Waals surface area contributed by atoms with E-state index in [9.17, 15) is 10.2 Å². The maximum absolute atomic E-state index is 9.63. The number of nitrogens with one attached hydrogen (secondary N) is 2. The van der Waals surface area contributed by atoms with Crippen LogP contribution in [0.2, 0.25) is 0 Å². The van der Waals surface area contributed by atoms with Crippen molar-refractivity contribution < 1.29 is 10.2 Å². The summed E-state index contributed by atoms with van der Waals surface area (Å²) in [5, 5.41) is 26.5. The third kappa shape index (κ3) is 3.91. The minimum atomic E-state index is -0.181. The SMILES string of the molecule is CC(C)Nc1nc(NC2CCC(O)CC2)nc2cnc(CO)cc12. The Balaban J connectivity index is 1.91. The number of anilines is 2. The van der Waals surface area contributed by atoms with Gasteiger partial charge in [0.05, 0.1) is 30.1 Å². The molecular formula is C17H25N5O2. The van der Waals surface area contributed by atoms with Gasteiger partial charge in [-0.15, -0.1) is 0 Å². The van der Waals surface area contributed by atoms with E-state index in [1.807, 2.05) is 6.07 Å². The van der Waals surface area contributed by atoms with E-state index >= 15 is 0 Å². The van der Waals surface area contributed by atoms with Gasteiger partial charge in [0, 0.05) is 17.5 Å². The normalized spacial score (nSPS) is 21.2. The minimum Gasteiger partial charge on any atom is -0.393 e. The summed E-state index contributed by atoms with van der Waals surface area (Å²) in [6.45, 7) is 4.00. The van der Waals surface area contributed by atoms with Gasteiger partial charge < -0.3 is 20.8 Å². The average molecular weight is 331 g/mol. The number of hydrogen-bond acceptors (Lipinski definition) is 7. The third-order valence-corrected chi connectivity index (χ3v) is 4.26. The number of hydrogen-bond donors (Lipinski definition) is 4. The van der Waals surface area contributed by atoms with Gasteiger partial charge in [0.25, 0.3) is 0 Å². The summed E-state index contributed by atoms with van der Waals surface area (Å²) in [5.41, 5.74) is 1.34. The molecule has 2 heterocycles. The Bertz CT molecular complexity index is 699. The van der Waals surface area contributed by atoms with Crippen molar-refractivity contribution in [3.05, 3.63) is 18.0 Å². The summed E-state index contributed by atoms with van der Waals surface area (Å²) in [7, 11) is 0. The standard InChI is InChI=1S/C17H25N5O2/c1-10(2)19-16-14-7-12(9-23)18-8-15(14)21-17(22-16)20-11-3-5-13(24)6-4-11/h7-8,10-11,13,23-24H,3-6,9H2,1-2H3,(H2,19,20,21,22). The van der Waals surface area contributed by atoms with Gasteiger partial charge in [0.2, 0.25) is 5.95 Å². The van der Waals surface area contributed by atoms with Crippen molar-refractivity contribution in [2.75, 3.05) is 10.6 Å². The van der Waals surface area contributed by atoms with E-state index in [4.69, 9.17) is 0 Å². The highest BCUT2D eigenvalue weighted by atomic mass is 16.3. The predicted molar refractivity (Wildman–Crippen MR) is 93.9 cm³/mol. The summed E-state index contributed by atoms with van der Waals surface area (Å²) in [6.07, 6.45) is 4.94. The highest BCUT2D eigenvalue weighted by Gasteiger charge is 2.20. The van der Waals surface area contributed by atoms with Gasteiger partial charge in [0.15, 0.2) is 0 Å². The fraction of sp³-hybridized carbons (Fsp3) is 0.588. The fourth-order valence-corrected chi connectivity index (χ4v) is 3.01. The Labute approximate surface area is 141 Å². The molecule has 0 aliphatic heterocycles. The smallest absolute Gasteiger partial charge is 0.225 e. The van der Waals surface area contributed by atoms with Crippen LogP contribution in [0, 0.1) is 0 Å². The molecule has 0 unspecified atom stereocenters. The number of fused-ring (bicyclic) bond motifs is 1. The summed E-state index contributed by atoms with van der Waals surface area (Å²) in [5.74, 6) is 1.32. The lowest BCUT2D eigenvalue weighted by Crippen LogP contribution is -2.29. The molecule has 24 heavy (non-hydrogen) atoms. The van der Waals surface area contributed by atoms with E-state index in [1.165, 1.54) is 0 Å². The molecule has 7 nitrogen and oxygen atoms in total. The first kappa shape index (κ1) is 16.9. The van der Waals surface area contributed by atoms with E-state index in [0.717, 1.165) is 42.4 Å². The van der Waals surface area contributed by atoms with Crippen LogP contribution in [0.1, 0.15) is 45.2 Å². The van der Waals surface area contributed by atoms with Gasteiger partial charge in [-0.2, -0.15) is 4.98 Å². The highest BCUT2D eigenvalue weighted by molar-refractivity contribution is 5.89. The zero-order chi connectivity index (χ0) is 17.1. The van der Waals surface area contributed by atoms with Crippen LogP contribution in [0.15, 0.2) is 12.3 Å². The second-order valence-corrected chi connectivity index (χ2v) is 6.70. The topological polar surface area (TPSA) is 103 Å². The van der Waals surface area contributed by atoms with Crippen molar-refractivity contribution in [1.82, 2.24) is 15.0 Å². The molecule has 4 N–H and O–H groups in total. The molecule has 130 valence electrons. The van der Waals surface area contributed by atoms with Crippen LogP contribution < -0.4 is 10.6 Å². The van der Waals surface area contributed by atoms with Crippen molar-refractivity contribution in [2.24, 2.45) is 0 Å². The van der Waals surface area contributed by atoms with Crippen LogP contribution in [-0.4, -0.2) is 43.4 Å². The maximum atomic E-state index is 9.63. The zero-order valence-corrected chi connectivity index (χ0v) is 14.2. The molecule has 0 spiro atoms. The molecule has 2 aromatic rings. The molecule has 3 rings (SSSR count). The van der Waals surface area contributed by atoms with E-state index in [-0.39, 0.29) is 24.8 Å². The zero-order valence-electron chi connectivity index (χ0n) is 14.2. The van der Waals surface area contributed by atoms with Crippen molar-refractivity contribution in [1.29, 1.82) is 0 Å². The lowest BCUT2D eigenvalue weighted by molar-refractivity contribution is 0.126. The van der Waals surface area contributed by atoms with Crippen LogP contribution in [0.5, 0.6) is 0 Å². The van der Waals surface area contributed by atoms with Gasteiger partial charge in [-0.3, -0.25) is 4.98 Å². The second kappa shape index (κ2) is 7.27. The van der Waals surface area contributed by atoms with Gasteiger partial charge in [-0.05, 0) is 45.6 Å². The number of aliphatic hydroxyl groups is 2. The average Bonchev–Trinajstić information content (AvgIpc) is 2.56. The second-order valence-electron chi connectivity index (χ2n) is 6.70. The number of pyridine rings is 1. The Kier molecular flexibility index (Phi) is 5.11. The number of aliphatic hydroxyl groups excluding tert-OH is 2. The maximum Gasteiger partial charge on any atom is 0.225 e. The molecule has 1 fully saturated rings. The summed E-state index contributed by atoms with van der Waals surface area (Å²) >= 11 is 0. The predicted octanol–water partition coefficient (Wildman–Crippen LogP) is 2.05. The highest BCUT2D eigenvalue weighted by Crippen LogP contribution is 2.25. The fourth-order valence-electron chi connectivity index (χ4n) is 3.01. The lowest BCUT2D eigenvalue weighted by atomic mass is 9.93. The Hall–Kier alpha value is -1.99. The number of aromatic nitrogens is 3. The van der Waals surface area contributed by atoms with Crippen LogP contribution >= 0.6 is 0 Å². The molecule has 0 amide bonds. The van der Waals surface area contributed by atoms with Crippen molar-refractivity contribution in [3.8, 4) is 0 Å². The number of rotatable bonds is 5. The quantitative estimate of drug-likeness (QED) is 0.665. The summed E-state index contributed by atoms with van der Waals surface area (Å²) in [4.78, 5) is 13.4. The molecule has 0 radical (unpaired) electrons. The molecule has 7 heteroatoms. The van der Waals surface area contributed by atoms with Crippen LogP contribution in [0.4, 0.5) is 11.8 Å². The van der Waals surface area contributed by atoms with Crippen molar-refractivity contribution in [2.45, 2.75) is 64.3 Å². The minimum absolute atomic E-state index is 0.110. The van der Waals surface area contributed by atoms with Crippen LogP contribution in [0.25, 0.3) is 10.9 Å². The van der Waals surface area contributed by atoms with Gasteiger partial charge in [0.1, 0.15) is 5.82 Å². The largest absolute Gasteiger partial charge is 0.393 e. The van der Waals surface area contributed by atoms with Gasteiger partial charge in [-0.25, -0.2) is 4.98 Å². The van der Waals surface area contributed by atoms with Crippen LogP contribution in [-0.2, 0) is 6.61 Å². The van der Waals surface area contributed by atoms with E-state index in [0.29, 0.717) is 11.6 Å². The first-order valence-corrected chi connectivity index (χ1v) is 8.54. The molecule has 2 aromatic heterocycles. The van der Waals surface area contributed by atoms with E-state index in [1.54, 1.807) is 6.20 Å². The molecule has 1 saturated carbocycles. The summed E-state index contributed by atoms with van der Waals surface area (Å²) in [6, 6.07) is 2.33. The van der Waals surface area contributed by atoms with Crippen molar-refractivity contribution in [3.63, 3.8) is 0 Å². The molecule has 0 saturated heterocycles. The summed E-state index contributed by atoms with van der Waals surface area (Å²) < 4.78 is 0. The van der Waals surface area contributed by atoms with Crippen LogP contribution in [0.3, 0.4) is 0 Å². The Morgan fingerprint density at radius 2 is 1.96 bits per heavy atom. The Morgan fingerprint density at radius 3 is 2.62 bits per heavy atom.